The number of hydrogen-bond acceptors (Lipinski definition) is 3. The van der Waals surface area contributed by atoms with Crippen molar-refractivity contribution in [3.8, 4) is 5.75 Å². The summed E-state index contributed by atoms with van der Waals surface area (Å²) in [7, 11) is 0. The van der Waals surface area contributed by atoms with Gasteiger partial charge in [0, 0.05) is 15.6 Å². The van der Waals surface area contributed by atoms with Crippen LogP contribution in [0.3, 0.4) is 0 Å². The molecule has 5 heteroatoms. The molecule has 23 heavy (non-hydrogen) atoms. The molecule has 1 amide bonds. The Hall–Kier alpha value is -2.14. The highest BCUT2D eigenvalue weighted by atomic mass is 79.9. The third-order valence-electron chi connectivity index (χ3n) is 3.37. The molecular formula is C18H19BrN2O2. The van der Waals surface area contributed by atoms with Gasteiger partial charge in [-0.1, -0.05) is 48.8 Å². The predicted octanol–water partition coefficient (Wildman–Crippen LogP) is 4.22. The van der Waals surface area contributed by atoms with E-state index in [4.69, 9.17) is 0 Å². The molecule has 0 saturated heterocycles. The molecule has 0 fully saturated rings. The Kier molecular flexibility index (Phi) is 5.21. The molecule has 0 aliphatic rings. The molecule has 0 atom stereocenters. The molecule has 0 bridgehead atoms. The fraction of sp³-hybridized carbons (Fsp3) is 0.222. The van der Waals surface area contributed by atoms with Crippen molar-refractivity contribution in [3.63, 3.8) is 0 Å². The lowest BCUT2D eigenvalue weighted by Gasteiger charge is -2.18. The molecule has 0 aliphatic carbocycles. The third kappa shape index (κ3) is 4.66. The Bertz CT molecular complexity index is 732. The van der Waals surface area contributed by atoms with Crippen LogP contribution in [0.4, 0.5) is 0 Å². The van der Waals surface area contributed by atoms with Gasteiger partial charge in [0.25, 0.3) is 5.91 Å². The summed E-state index contributed by atoms with van der Waals surface area (Å²) in [6.45, 7) is 6.37. The van der Waals surface area contributed by atoms with E-state index in [1.54, 1.807) is 30.3 Å². The zero-order valence-electron chi connectivity index (χ0n) is 13.3. The van der Waals surface area contributed by atoms with Gasteiger partial charge in [0.2, 0.25) is 0 Å². The Morgan fingerprint density at radius 3 is 2.43 bits per heavy atom. The summed E-state index contributed by atoms with van der Waals surface area (Å²) in [5.41, 5.74) is 4.72. The van der Waals surface area contributed by atoms with Crippen LogP contribution in [-0.4, -0.2) is 17.2 Å². The van der Waals surface area contributed by atoms with Crippen LogP contribution in [-0.2, 0) is 5.41 Å². The summed E-state index contributed by atoms with van der Waals surface area (Å²) in [6, 6.07) is 12.4. The number of carbonyl (C=O) groups excluding carboxylic acids is 1. The summed E-state index contributed by atoms with van der Waals surface area (Å²) in [4.78, 5) is 12.1. The number of hydrazone groups is 1. The predicted molar refractivity (Wildman–Crippen MR) is 96.0 cm³/mol. The maximum Gasteiger partial charge on any atom is 0.271 e. The van der Waals surface area contributed by atoms with Crippen LogP contribution in [0.15, 0.2) is 52.0 Å². The van der Waals surface area contributed by atoms with Gasteiger partial charge >= 0.3 is 0 Å². The number of nitrogens with zero attached hydrogens (tertiary/aromatic N) is 1. The molecule has 0 aliphatic heterocycles. The largest absolute Gasteiger partial charge is 0.507 e. The van der Waals surface area contributed by atoms with Crippen LogP contribution >= 0.6 is 15.9 Å². The van der Waals surface area contributed by atoms with E-state index in [-0.39, 0.29) is 17.1 Å². The fourth-order valence-corrected chi connectivity index (χ4v) is 2.35. The van der Waals surface area contributed by atoms with Crippen LogP contribution in [0.25, 0.3) is 0 Å². The molecule has 120 valence electrons. The lowest BCUT2D eigenvalue weighted by atomic mass is 9.87. The third-order valence-corrected chi connectivity index (χ3v) is 3.87. The van der Waals surface area contributed by atoms with Gasteiger partial charge in [-0.2, -0.15) is 5.10 Å². The van der Waals surface area contributed by atoms with E-state index < -0.39 is 0 Å². The first-order valence-electron chi connectivity index (χ1n) is 7.20. The summed E-state index contributed by atoms with van der Waals surface area (Å²) in [6.07, 6.45) is 1.40. The van der Waals surface area contributed by atoms with E-state index in [0.29, 0.717) is 11.1 Å². The van der Waals surface area contributed by atoms with Crippen LogP contribution in [0.1, 0.15) is 42.3 Å². The van der Waals surface area contributed by atoms with Gasteiger partial charge < -0.3 is 5.11 Å². The van der Waals surface area contributed by atoms with Gasteiger partial charge in [0.05, 0.1) is 6.21 Å². The van der Waals surface area contributed by atoms with E-state index >= 15 is 0 Å². The van der Waals surface area contributed by atoms with Crippen molar-refractivity contribution in [2.75, 3.05) is 0 Å². The lowest BCUT2D eigenvalue weighted by molar-refractivity contribution is 0.0955. The maximum atomic E-state index is 12.1. The number of rotatable bonds is 3. The molecule has 0 spiro atoms. The van der Waals surface area contributed by atoms with Crippen molar-refractivity contribution in [1.29, 1.82) is 0 Å². The topological polar surface area (TPSA) is 61.7 Å². The summed E-state index contributed by atoms with van der Waals surface area (Å²) in [5, 5.41) is 13.6. The quantitative estimate of drug-likeness (QED) is 0.624. The normalized spacial score (nSPS) is 11.7. The van der Waals surface area contributed by atoms with Crippen LogP contribution in [0.2, 0.25) is 0 Å². The number of nitrogens with one attached hydrogen (secondary N) is 1. The number of phenols is 1. The van der Waals surface area contributed by atoms with Gasteiger partial charge in [0.1, 0.15) is 5.75 Å². The minimum Gasteiger partial charge on any atom is -0.507 e. The van der Waals surface area contributed by atoms with Crippen LogP contribution in [0.5, 0.6) is 5.75 Å². The highest BCUT2D eigenvalue weighted by Gasteiger charge is 2.14. The molecule has 4 nitrogen and oxygen atoms in total. The minimum absolute atomic E-state index is 0.0470. The Morgan fingerprint density at radius 1 is 1.17 bits per heavy atom. The minimum atomic E-state index is -0.295. The number of benzene rings is 2. The smallest absolute Gasteiger partial charge is 0.271 e. The van der Waals surface area contributed by atoms with Gasteiger partial charge in [-0.3, -0.25) is 4.79 Å². The molecular weight excluding hydrogens is 356 g/mol. The second-order valence-electron chi connectivity index (χ2n) is 6.23. The van der Waals surface area contributed by atoms with Crippen LogP contribution in [0, 0.1) is 0 Å². The fourth-order valence-electron chi connectivity index (χ4n) is 1.98. The van der Waals surface area contributed by atoms with E-state index in [1.165, 1.54) is 6.21 Å². The van der Waals surface area contributed by atoms with Crippen molar-refractivity contribution in [3.05, 3.63) is 63.6 Å². The zero-order valence-corrected chi connectivity index (χ0v) is 14.9. The zero-order chi connectivity index (χ0) is 17.0. The number of phenolic OH excluding ortho intramolecular Hbond substituents is 1. The van der Waals surface area contributed by atoms with Gasteiger partial charge in [-0.05, 0) is 41.3 Å². The molecule has 0 heterocycles. The van der Waals surface area contributed by atoms with Crippen molar-refractivity contribution in [2.45, 2.75) is 26.2 Å². The first-order chi connectivity index (χ1) is 10.8. The molecule has 2 aromatic carbocycles. The van der Waals surface area contributed by atoms with Crippen molar-refractivity contribution >= 4 is 28.1 Å². The van der Waals surface area contributed by atoms with E-state index in [0.717, 1.165) is 10.0 Å². The molecule has 0 radical (unpaired) electrons. The Balaban J connectivity index is 2.05. The van der Waals surface area contributed by atoms with E-state index in [2.05, 4.69) is 47.2 Å². The van der Waals surface area contributed by atoms with Crippen LogP contribution < -0.4 is 5.43 Å². The van der Waals surface area contributed by atoms with Gasteiger partial charge in [-0.25, -0.2) is 5.43 Å². The lowest BCUT2D eigenvalue weighted by Crippen LogP contribution is -2.18. The molecule has 2 rings (SSSR count). The van der Waals surface area contributed by atoms with Crippen molar-refractivity contribution in [2.24, 2.45) is 5.10 Å². The number of carbonyl (C=O) groups is 1. The number of hydrogen-bond donors (Lipinski definition) is 2. The first-order valence-corrected chi connectivity index (χ1v) is 7.99. The second kappa shape index (κ2) is 6.96. The van der Waals surface area contributed by atoms with Crippen molar-refractivity contribution < 1.29 is 9.90 Å². The summed E-state index contributed by atoms with van der Waals surface area (Å²) < 4.78 is 0.820. The SMILES string of the molecule is CC(C)(C)c1ccc(C(=O)N/N=C\c2cc(Br)ccc2O)cc1. The van der Waals surface area contributed by atoms with E-state index in [9.17, 15) is 9.90 Å². The average molecular weight is 375 g/mol. The highest BCUT2D eigenvalue weighted by molar-refractivity contribution is 9.10. The molecule has 0 saturated carbocycles. The van der Waals surface area contributed by atoms with Crippen molar-refractivity contribution in [1.82, 2.24) is 5.43 Å². The maximum absolute atomic E-state index is 12.1. The Labute approximate surface area is 144 Å². The van der Waals surface area contributed by atoms with Gasteiger partial charge in [-0.15, -0.1) is 0 Å². The standard InChI is InChI=1S/C18H19BrN2O2/c1-18(2,3)14-6-4-12(5-7-14)17(23)21-20-11-13-10-15(19)8-9-16(13)22/h4-11,22H,1-3H3,(H,21,23)/b20-11-. The molecule has 2 N–H and O–H groups in total. The molecule has 2 aromatic rings. The highest BCUT2D eigenvalue weighted by Crippen LogP contribution is 2.22. The van der Waals surface area contributed by atoms with E-state index in [1.807, 2.05) is 12.1 Å². The average Bonchev–Trinajstić information content (AvgIpc) is 2.50. The summed E-state index contributed by atoms with van der Waals surface area (Å²) in [5.74, 6) is -0.197. The number of halogens is 1. The second-order valence-corrected chi connectivity index (χ2v) is 7.15. The Morgan fingerprint density at radius 2 is 1.83 bits per heavy atom. The summed E-state index contributed by atoms with van der Waals surface area (Å²) >= 11 is 3.32. The number of aromatic hydroxyl groups is 1. The molecule has 0 unspecified atom stereocenters. The first kappa shape index (κ1) is 17.2. The monoisotopic (exact) mass is 374 g/mol. The molecule has 0 aromatic heterocycles. The number of amides is 1. The van der Waals surface area contributed by atoms with Gasteiger partial charge in [0.15, 0.2) is 0 Å².